The van der Waals surface area contributed by atoms with Crippen molar-refractivity contribution < 1.29 is 19.3 Å². The first kappa shape index (κ1) is 46.8. The minimum atomic E-state index is 0.111. The second-order valence-corrected chi connectivity index (χ2v) is 10.2. The van der Waals surface area contributed by atoms with Crippen molar-refractivity contribution in [2.75, 3.05) is 0 Å². The van der Waals surface area contributed by atoms with Crippen LogP contribution in [0.25, 0.3) is 10.8 Å². The van der Waals surface area contributed by atoms with Gasteiger partial charge in [-0.25, -0.2) is 0 Å². The molecule has 0 saturated heterocycles. The standard InChI is InChI=1S/C61H14O4/c1-3-5-7-9-11-13-15-17-19-21-23-25-27-29-31-33-35-37-39-43-49-63-56-51-55(54-65-61-48-47-60(62)58-45-41-42-46-59(58)61)52-57(53-56)64-50-44-40-38-36-34-32-30-28-26-24-22-20-18-16-14-12-10-8-6-4-2/h1-2,41-42,45-48,51-53,62H,54H2. The molecule has 0 atom stereocenters. The molecule has 1 N–H and O–H groups in total. The number of fused-ring (bicyclic) bond motifs is 1. The fraction of sp³-hybridized carbons (Fsp3) is 0.0164. The summed E-state index contributed by atoms with van der Waals surface area (Å²) < 4.78 is 17.3. The summed E-state index contributed by atoms with van der Waals surface area (Å²) in [6, 6.07) is 15.6. The number of rotatable bonds is 5. The van der Waals surface area contributed by atoms with Crippen molar-refractivity contribution in [1.29, 1.82) is 0 Å². The fourth-order valence-corrected chi connectivity index (χ4v) is 3.73. The molecule has 65 heavy (non-hydrogen) atoms. The van der Waals surface area contributed by atoms with E-state index in [4.69, 9.17) is 27.1 Å². The first-order valence-corrected chi connectivity index (χ1v) is 17.4. The lowest BCUT2D eigenvalue weighted by atomic mass is 10.1. The van der Waals surface area contributed by atoms with E-state index >= 15 is 0 Å². The Labute approximate surface area is 380 Å². The zero-order chi connectivity index (χ0) is 45.9. The van der Waals surface area contributed by atoms with Gasteiger partial charge in [0.05, 0.1) is 0 Å². The van der Waals surface area contributed by atoms with Gasteiger partial charge < -0.3 is 19.3 Å². The second kappa shape index (κ2) is 32.5. The molecule has 3 aromatic rings. The van der Waals surface area contributed by atoms with Gasteiger partial charge in [-0.1, -0.05) is 24.3 Å². The van der Waals surface area contributed by atoms with Crippen LogP contribution in [0.15, 0.2) is 54.6 Å². The third-order valence-corrected chi connectivity index (χ3v) is 6.03. The molecule has 4 nitrogen and oxygen atoms in total. The maximum atomic E-state index is 10.3. The highest BCUT2D eigenvalue weighted by Gasteiger charge is 2.08. The number of phenolic OH excluding ortho intramolecular Hbond substituents is 1. The molecule has 3 rings (SSSR count). The molecule has 3 aromatic carbocycles. The van der Waals surface area contributed by atoms with Gasteiger partial charge >= 0.3 is 0 Å². The number of terminal acetylenes is 2. The molecule has 0 unspecified atom stereocenters. The van der Waals surface area contributed by atoms with Gasteiger partial charge in [0.2, 0.25) is 0 Å². The molecule has 0 spiro atoms. The second-order valence-electron chi connectivity index (χ2n) is 10.2. The van der Waals surface area contributed by atoms with E-state index in [-0.39, 0.29) is 12.4 Å². The van der Waals surface area contributed by atoms with Crippen molar-refractivity contribution in [3.05, 3.63) is 60.2 Å². The first-order chi connectivity index (χ1) is 32.2. The molecular formula is C61H14O4. The topological polar surface area (TPSA) is 47.9 Å². The van der Waals surface area contributed by atoms with Crippen LogP contribution in [-0.4, -0.2) is 5.11 Å². The Bertz CT molecular complexity index is 3670. The van der Waals surface area contributed by atoms with Gasteiger partial charge in [-0.3, -0.25) is 0 Å². The van der Waals surface area contributed by atoms with Crippen LogP contribution in [0.4, 0.5) is 0 Å². The van der Waals surface area contributed by atoms with Crippen LogP contribution in [0.2, 0.25) is 0 Å². The molecule has 0 bridgehead atoms. The van der Waals surface area contributed by atoms with Crippen LogP contribution in [0.3, 0.4) is 0 Å². The lowest BCUT2D eigenvalue weighted by Gasteiger charge is -2.12. The number of ether oxygens (including phenoxy) is 3. The summed E-state index contributed by atoms with van der Waals surface area (Å²) >= 11 is 0. The van der Waals surface area contributed by atoms with Gasteiger partial charge in [-0.2, -0.15) is 0 Å². The number of phenols is 1. The van der Waals surface area contributed by atoms with E-state index in [1.165, 1.54) is 0 Å². The van der Waals surface area contributed by atoms with Gasteiger partial charge in [0.15, 0.2) is 0 Å². The van der Waals surface area contributed by atoms with E-state index in [0.717, 1.165) is 5.39 Å². The van der Waals surface area contributed by atoms with Crippen molar-refractivity contribution in [2.45, 2.75) is 6.61 Å². The lowest BCUT2D eigenvalue weighted by molar-refractivity contribution is 0.308. The van der Waals surface area contributed by atoms with Gasteiger partial charge in [-0.15, -0.1) is 12.8 Å². The van der Waals surface area contributed by atoms with Crippen molar-refractivity contribution in [3.63, 3.8) is 0 Å². The molecule has 282 valence electrons. The van der Waals surface area contributed by atoms with Crippen LogP contribution in [-0.2, 0) is 6.61 Å². The Balaban J connectivity index is 1.64. The Morgan fingerprint density at radius 3 is 1.00 bits per heavy atom. The molecule has 0 aromatic heterocycles. The predicted octanol–water partition coefficient (Wildman–Crippen LogP) is 4.13. The minimum Gasteiger partial charge on any atom is -0.507 e. The maximum absolute atomic E-state index is 10.3. The lowest BCUT2D eigenvalue weighted by Crippen LogP contribution is -1.98. The largest absolute Gasteiger partial charge is 0.507 e. The highest BCUT2D eigenvalue weighted by Crippen LogP contribution is 2.33. The van der Waals surface area contributed by atoms with Crippen molar-refractivity contribution in [1.82, 2.24) is 0 Å². The highest BCUT2D eigenvalue weighted by atomic mass is 16.5. The quantitative estimate of drug-likeness (QED) is 0.395. The Hall–Kier alpha value is -12.6. The summed E-state index contributed by atoms with van der Waals surface area (Å²) in [5.41, 5.74) is 0.659. The summed E-state index contributed by atoms with van der Waals surface area (Å²) in [4.78, 5) is 0. The number of aromatic hydroxyl groups is 1. The Morgan fingerprint density at radius 2 is 0.662 bits per heavy atom. The average molecular weight is 811 g/mol. The van der Waals surface area contributed by atoms with Crippen LogP contribution in [0.1, 0.15) is 5.56 Å². The molecule has 4 heteroatoms. The van der Waals surface area contributed by atoms with Crippen LogP contribution < -0.4 is 14.2 Å². The van der Waals surface area contributed by atoms with E-state index in [1.807, 2.05) is 18.2 Å². The fourth-order valence-electron chi connectivity index (χ4n) is 3.73. The van der Waals surface area contributed by atoms with E-state index in [0.29, 0.717) is 28.2 Å². The van der Waals surface area contributed by atoms with E-state index in [2.05, 4.69) is 249 Å². The van der Waals surface area contributed by atoms with Crippen molar-refractivity contribution >= 4 is 10.8 Å². The van der Waals surface area contributed by atoms with E-state index in [1.54, 1.807) is 36.4 Å². The minimum absolute atomic E-state index is 0.111. The average Bonchev–Trinajstić information content (AvgIpc) is 3.32. The SMILES string of the molecule is C#CC#CC#CC#CC#CC#CC#CC#CC#CC#CC#COc1cc(COc2ccc(O)c3ccccc23)cc(OC#CC#CC#CC#CC#CC#CC#CC#CC#CC#CC#C)c1. The molecule has 0 aliphatic heterocycles. The summed E-state index contributed by atoms with van der Waals surface area (Å²) in [5.74, 6) is 100. The monoisotopic (exact) mass is 810 g/mol. The number of hydrogen-bond donors (Lipinski definition) is 1. The third kappa shape index (κ3) is 22.7. The molecule has 0 heterocycles. The molecule has 0 saturated carbocycles. The molecule has 0 amide bonds. The zero-order valence-corrected chi connectivity index (χ0v) is 33.2. The normalized spacial score (nSPS) is 6.25. The van der Waals surface area contributed by atoms with Gasteiger partial charge in [-0.05, 0) is 125 Å². The highest BCUT2D eigenvalue weighted by molar-refractivity contribution is 5.93. The summed E-state index contributed by atoms with van der Waals surface area (Å²) in [6.07, 6.45) is 14.9. The van der Waals surface area contributed by atoms with E-state index < -0.39 is 0 Å². The van der Waals surface area contributed by atoms with Crippen LogP contribution >= 0.6 is 0 Å². The smallest absolute Gasteiger partial charge is 0.144 e. The molecule has 0 aliphatic carbocycles. The first-order valence-electron chi connectivity index (χ1n) is 17.4. The Morgan fingerprint density at radius 1 is 0.354 bits per heavy atom. The molecular weight excluding hydrogens is 797 g/mol. The van der Waals surface area contributed by atoms with Crippen LogP contribution in [0.5, 0.6) is 23.0 Å². The van der Waals surface area contributed by atoms with Gasteiger partial charge in [0.25, 0.3) is 0 Å². The van der Waals surface area contributed by atoms with Crippen molar-refractivity contribution in [3.8, 4) is 285 Å². The third-order valence-electron chi connectivity index (χ3n) is 6.03. The van der Waals surface area contributed by atoms with E-state index in [9.17, 15) is 5.11 Å². The summed E-state index contributed by atoms with van der Waals surface area (Å²) in [5, 5.41) is 11.7. The molecule has 0 fully saturated rings. The number of benzene rings is 3. The van der Waals surface area contributed by atoms with Gasteiger partial charge in [0.1, 0.15) is 41.8 Å². The molecule has 0 radical (unpaired) electrons. The zero-order valence-electron chi connectivity index (χ0n) is 33.2. The number of hydrogen-bond acceptors (Lipinski definition) is 4. The molecule has 0 aliphatic rings. The predicted molar refractivity (Wildman–Crippen MR) is 251 cm³/mol. The summed E-state index contributed by atoms with van der Waals surface area (Å²) in [7, 11) is 0. The maximum Gasteiger partial charge on any atom is 0.144 e. The van der Waals surface area contributed by atoms with Gasteiger partial charge in [0, 0.05) is 159 Å². The summed E-state index contributed by atoms with van der Waals surface area (Å²) in [6.45, 7) is 0.111. The van der Waals surface area contributed by atoms with Crippen molar-refractivity contribution in [2.24, 2.45) is 0 Å². The Kier molecular flexibility index (Phi) is 23.4. The van der Waals surface area contributed by atoms with Crippen LogP contribution in [0, 0.1) is 262 Å².